The van der Waals surface area contributed by atoms with E-state index in [2.05, 4.69) is 19.9 Å². The fourth-order valence-corrected chi connectivity index (χ4v) is 2.49. The topological polar surface area (TPSA) is 89.8 Å². The molecule has 7 nitrogen and oxygen atoms in total. The van der Waals surface area contributed by atoms with Gasteiger partial charge in [-0.25, -0.2) is 13.4 Å². The summed E-state index contributed by atoms with van der Waals surface area (Å²) in [5.74, 6) is 0.890. The highest BCUT2D eigenvalue weighted by atomic mass is 32.2. The van der Waals surface area contributed by atoms with E-state index in [0.29, 0.717) is 5.82 Å². The highest BCUT2D eigenvalue weighted by Gasteiger charge is 2.10. The van der Waals surface area contributed by atoms with Gasteiger partial charge in [0.2, 0.25) is 10.0 Å². The Morgan fingerprint density at radius 2 is 1.86 bits per heavy atom. The molecular weight excluding hydrogens is 302 g/mol. The molecule has 0 atom stereocenters. The number of rotatable bonds is 4. The van der Waals surface area contributed by atoms with Gasteiger partial charge in [-0.3, -0.25) is 9.29 Å². The maximum Gasteiger partial charge on any atom is 0.230 e. The van der Waals surface area contributed by atoms with Crippen molar-refractivity contribution in [3.63, 3.8) is 0 Å². The molecule has 112 valence electrons. The second kappa shape index (κ2) is 5.57. The van der Waals surface area contributed by atoms with Crippen molar-refractivity contribution < 1.29 is 8.42 Å². The summed E-state index contributed by atoms with van der Waals surface area (Å²) in [4.78, 5) is 4.08. The average molecular weight is 315 g/mol. The molecule has 0 amide bonds. The average Bonchev–Trinajstić information content (AvgIpc) is 2.97. The predicted octanol–water partition coefficient (Wildman–Crippen LogP) is 1.70. The largest absolute Gasteiger partial charge is 0.282 e. The molecule has 0 aliphatic rings. The number of pyridine rings is 1. The van der Waals surface area contributed by atoms with Gasteiger partial charge in [-0.15, -0.1) is 10.2 Å². The van der Waals surface area contributed by atoms with Gasteiger partial charge in [0.25, 0.3) is 0 Å². The van der Waals surface area contributed by atoms with E-state index in [4.69, 9.17) is 0 Å². The third-order valence-electron chi connectivity index (χ3n) is 2.89. The summed E-state index contributed by atoms with van der Waals surface area (Å²) in [5.41, 5.74) is 1.67. The van der Waals surface area contributed by atoms with E-state index in [1.54, 1.807) is 24.7 Å². The monoisotopic (exact) mass is 315 g/mol. The van der Waals surface area contributed by atoms with Crippen LogP contribution in [0.1, 0.15) is 0 Å². The Kier molecular flexibility index (Phi) is 3.60. The van der Waals surface area contributed by atoms with E-state index in [-0.39, 0.29) is 5.82 Å². The van der Waals surface area contributed by atoms with Gasteiger partial charge >= 0.3 is 0 Å². The van der Waals surface area contributed by atoms with E-state index in [0.717, 1.165) is 17.5 Å². The van der Waals surface area contributed by atoms with Crippen LogP contribution in [0.3, 0.4) is 0 Å². The summed E-state index contributed by atoms with van der Waals surface area (Å²) in [6, 6.07) is 13.0. The fourth-order valence-electron chi connectivity index (χ4n) is 1.99. The molecule has 0 bridgehead atoms. The Labute approximate surface area is 127 Å². The van der Waals surface area contributed by atoms with Crippen molar-refractivity contribution in [1.29, 1.82) is 0 Å². The molecule has 0 saturated carbocycles. The second-order valence-corrected chi connectivity index (χ2v) is 6.41. The van der Waals surface area contributed by atoms with Crippen LogP contribution in [0.2, 0.25) is 0 Å². The molecule has 2 heterocycles. The maximum absolute atomic E-state index is 11.2. The Morgan fingerprint density at radius 1 is 1.09 bits per heavy atom. The lowest BCUT2D eigenvalue weighted by atomic mass is 10.2. The first-order valence-electron chi connectivity index (χ1n) is 6.42. The Morgan fingerprint density at radius 3 is 2.50 bits per heavy atom. The Bertz CT molecular complexity index is 873. The van der Waals surface area contributed by atoms with Gasteiger partial charge in [0.1, 0.15) is 12.1 Å². The lowest BCUT2D eigenvalue weighted by molar-refractivity contribution is 0.606. The number of nitrogens with one attached hydrogen (secondary N) is 1. The van der Waals surface area contributed by atoms with Crippen molar-refractivity contribution in [3.8, 4) is 17.1 Å². The molecule has 0 aliphatic heterocycles. The summed E-state index contributed by atoms with van der Waals surface area (Å²) in [6.45, 7) is 0. The van der Waals surface area contributed by atoms with Crippen LogP contribution >= 0.6 is 0 Å². The van der Waals surface area contributed by atoms with Gasteiger partial charge in [0.15, 0.2) is 5.82 Å². The first-order chi connectivity index (χ1) is 10.5. The maximum atomic E-state index is 11.2. The van der Waals surface area contributed by atoms with Crippen molar-refractivity contribution >= 4 is 15.8 Å². The zero-order chi connectivity index (χ0) is 15.6. The summed E-state index contributed by atoms with van der Waals surface area (Å²) in [7, 11) is -3.34. The normalized spacial score (nSPS) is 11.3. The summed E-state index contributed by atoms with van der Waals surface area (Å²) in [6.07, 6.45) is 4.25. The number of aromatic nitrogens is 4. The van der Waals surface area contributed by atoms with E-state index in [1.807, 2.05) is 34.9 Å². The standard InChI is InChI=1S/C14H13N5O2S/c1-22(20,21)18-13-8-7-11(9-15-13)14-17-16-10-19(14)12-5-3-2-4-6-12/h2-10H,1H3,(H,15,18). The fraction of sp³-hybridized carbons (Fsp3) is 0.0714. The molecule has 0 spiro atoms. The molecule has 0 aliphatic carbocycles. The van der Waals surface area contributed by atoms with Crippen molar-refractivity contribution in [2.75, 3.05) is 11.0 Å². The van der Waals surface area contributed by atoms with Crippen molar-refractivity contribution in [3.05, 3.63) is 55.0 Å². The molecular formula is C14H13N5O2S. The van der Waals surface area contributed by atoms with Crippen molar-refractivity contribution in [2.45, 2.75) is 0 Å². The Balaban J connectivity index is 1.95. The minimum atomic E-state index is -3.34. The molecule has 0 radical (unpaired) electrons. The number of benzene rings is 1. The number of anilines is 1. The zero-order valence-electron chi connectivity index (χ0n) is 11.7. The van der Waals surface area contributed by atoms with Crippen LogP contribution in [0.15, 0.2) is 55.0 Å². The first-order valence-corrected chi connectivity index (χ1v) is 8.32. The number of hydrogen-bond donors (Lipinski definition) is 1. The molecule has 0 fully saturated rings. The number of para-hydroxylation sites is 1. The lowest BCUT2D eigenvalue weighted by Gasteiger charge is -2.07. The van der Waals surface area contributed by atoms with Crippen LogP contribution in [0.5, 0.6) is 0 Å². The van der Waals surface area contributed by atoms with E-state index < -0.39 is 10.0 Å². The minimum Gasteiger partial charge on any atom is -0.282 e. The van der Waals surface area contributed by atoms with Gasteiger partial charge in [-0.05, 0) is 24.3 Å². The minimum absolute atomic E-state index is 0.261. The van der Waals surface area contributed by atoms with Crippen LogP contribution in [0.25, 0.3) is 17.1 Å². The van der Waals surface area contributed by atoms with Gasteiger partial charge in [0.05, 0.1) is 6.26 Å². The number of nitrogens with zero attached hydrogens (tertiary/aromatic N) is 4. The number of hydrogen-bond acceptors (Lipinski definition) is 5. The third kappa shape index (κ3) is 3.12. The van der Waals surface area contributed by atoms with Crippen molar-refractivity contribution in [1.82, 2.24) is 19.7 Å². The molecule has 3 aromatic rings. The predicted molar refractivity (Wildman–Crippen MR) is 83.1 cm³/mol. The second-order valence-electron chi connectivity index (χ2n) is 4.67. The van der Waals surface area contributed by atoms with Crippen LogP contribution in [-0.4, -0.2) is 34.4 Å². The quantitative estimate of drug-likeness (QED) is 0.791. The first kappa shape index (κ1) is 14.2. The Hall–Kier alpha value is -2.74. The highest BCUT2D eigenvalue weighted by Crippen LogP contribution is 2.20. The lowest BCUT2D eigenvalue weighted by Crippen LogP contribution is -2.10. The molecule has 22 heavy (non-hydrogen) atoms. The molecule has 0 unspecified atom stereocenters. The van der Waals surface area contributed by atoms with E-state index in [9.17, 15) is 8.42 Å². The van der Waals surface area contributed by atoms with Gasteiger partial charge in [-0.2, -0.15) is 0 Å². The molecule has 1 N–H and O–H groups in total. The summed E-state index contributed by atoms with van der Waals surface area (Å²) in [5, 5.41) is 8.03. The van der Waals surface area contributed by atoms with Gasteiger partial charge in [-0.1, -0.05) is 18.2 Å². The summed E-state index contributed by atoms with van der Waals surface area (Å²) < 4.78 is 26.5. The molecule has 2 aromatic heterocycles. The van der Waals surface area contributed by atoms with E-state index >= 15 is 0 Å². The molecule has 0 saturated heterocycles. The third-order valence-corrected chi connectivity index (χ3v) is 3.47. The zero-order valence-corrected chi connectivity index (χ0v) is 12.5. The van der Waals surface area contributed by atoms with Crippen molar-refractivity contribution in [2.24, 2.45) is 0 Å². The van der Waals surface area contributed by atoms with Crippen LogP contribution in [-0.2, 0) is 10.0 Å². The molecule has 3 rings (SSSR count). The van der Waals surface area contributed by atoms with Gasteiger partial charge in [0, 0.05) is 17.4 Å². The summed E-state index contributed by atoms with van der Waals surface area (Å²) >= 11 is 0. The smallest absolute Gasteiger partial charge is 0.230 e. The van der Waals surface area contributed by atoms with Crippen LogP contribution in [0.4, 0.5) is 5.82 Å². The molecule has 8 heteroatoms. The van der Waals surface area contributed by atoms with Crippen LogP contribution < -0.4 is 4.72 Å². The highest BCUT2D eigenvalue weighted by molar-refractivity contribution is 7.92. The number of sulfonamides is 1. The van der Waals surface area contributed by atoms with E-state index in [1.165, 1.54) is 0 Å². The molecule has 1 aromatic carbocycles. The van der Waals surface area contributed by atoms with Crippen LogP contribution in [0, 0.1) is 0 Å². The van der Waals surface area contributed by atoms with Gasteiger partial charge < -0.3 is 0 Å². The SMILES string of the molecule is CS(=O)(=O)Nc1ccc(-c2nncn2-c2ccccc2)cn1.